The lowest BCUT2D eigenvalue weighted by Crippen LogP contribution is -2.30. The molecule has 2 saturated carbocycles. The lowest BCUT2D eigenvalue weighted by Gasteiger charge is -2.26. The number of nitrogens with zero attached hydrogens (tertiary/aromatic N) is 2. The van der Waals surface area contributed by atoms with Crippen LogP contribution in [0.5, 0.6) is 11.5 Å². The molecule has 8 nitrogen and oxygen atoms in total. The highest BCUT2D eigenvalue weighted by Gasteiger charge is 2.41. The molecule has 1 amide bonds. The molecule has 0 saturated heterocycles. The molecule has 0 radical (unpaired) electrons. The average molecular weight is 626 g/mol. The Hall–Kier alpha value is -3.17. The number of fused-ring (bicyclic) bond motifs is 2. The van der Waals surface area contributed by atoms with Gasteiger partial charge in [0.05, 0.1) is 26.4 Å². The first-order valence-electron chi connectivity index (χ1n) is 14.8. The number of nitrogens with one attached hydrogen (secondary N) is 1. The van der Waals surface area contributed by atoms with Gasteiger partial charge < -0.3 is 18.8 Å². The number of esters is 1. The van der Waals surface area contributed by atoms with Crippen LogP contribution in [0.2, 0.25) is 5.02 Å². The van der Waals surface area contributed by atoms with Crippen LogP contribution in [0.25, 0.3) is 10.9 Å². The molecule has 6 rings (SSSR count). The minimum atomic E-state index is -0.636. The maximum atomic E-state index is 13.5. The van der Waals surface area contributed by atoms with Gasteiger partial charge in [-0.05, 0) is 67.9 Å². The molecule has 2 aromatic carbocycles. The monoisotopic (exact) mass is 625 g/mol. The number of aliphatic imine (C=N–C) groups is 1. The van der Waals surface area contributed by atoms with Crippen molar-refractivity contribution in [3.8, 4) is 11.5 Å². The predicted octanol–water partition coefficient (Wildman–Crippen LogP) is 7.05. The maximum Gasteiger partial charge on any atom is 0.325 e. The van der Waals surface area contributed by atoms with Gasteiger partial charge in [-0.1, -0.05) is 55.6 Å². The van der Waals surface area contributed by atoms with Gasteiger partial charge in [0.2, 0.25) is 0 Å². The van der Waals surface area contributed by atoms with Gasteiger partial charge >= 0.3 is 5.97 Å². The molecule has 1 aromatic heterocycles. The summed E-state index contributed by atoms with van der Waals surface area (Å²) in [5.74, 6) is 3.37. The second-order valence-electron chi connectivity index (χ2n) is 11.6. The molecule has 43 heavy (non-hydrogen) atoms. The van der Waals surface area contributed by atoms with Crippen molar-refractivity contribution >= 4 is 51.3 Å². The fourth-order valence-electron chi connectivity index (χ4n) is 6.20. The third-order valence-electron chi connectivity index (χ3n) is 9.14. The number of benzene rings is 2. The predicted molar refractivity (Wildman–Crippen MR) is 173 cm³/mol. The number of amides is 1. The standard InChI is InChI=1S/C27H30ClN3O5S.C6H10/c1-7-27(18-11-23(35-5)19(28)12-22(18)34-4)14-37-26(30-27)29-25(33)21-10-17-16(3)15(2)8-9-20(17)31(21)13-24(32)36-6;1-2-5-4-6(5)3-1/h8-12H,7,13-14H2,1-6H3,(H,29,30,33);5-6H,1-4H2. The normalized spacial score (nSPS) is 21.9. The minimum absolute atomic E-state index is 0.0778. The Morgan fingerprint density at radius 2 is 1.81 bits per heavy atom. The lowest BCUT2D eigenvalue weighted by molar-refractivity contribution is -0.141. The van der Waals surface area contributed by atoms with Crippen LogP contribution in [0.15, 0.2) is 35.3 Å². The molecule has 3 aromatic rings. The molecule has 230 valence electrons. The van der Waals surface area contributed by atoms with Gasteiger partial charge in [0.15, 0.2) is 5.17 Å². The van der Waals surface area contributed by atoms with E-state index in [4.69, 9.17) is 30.8 Å². The summed E-state index contributed by atoms with van der Waals surface area (Å²) < 4.78 is 17.6. The fraction of sp³-hybridized carbons (Fsp3) is 0.485. The number of rotatable bonds is 7. The lowest BCUT2D eigenvalue weighted by atomic mass is 9.89. The van der Waals surface area contributed by atoms with Crippen molar-refractivity contribution < 1.29 is 23.8 Å². The second kappa shape index (κ2) is 12.8. The Morgan fingerprint density at radius 3 is 2.40 bits per heavy atom. The van der Waals surface area contributed by atoms with Crippen molar-refractivity contribution in [2.45, 2.75) is 65.0 Å². The smallest absolute Gasteiger partial charge is 0.325 e. The van der Waals surface area contributed by atoms with Crippen LogP contribution in [-0.2, 0) is 21.6 Å². The molecule has 1 aliphatic heterocycles. The van der Waals surface area contributed by atoms with E-state index in [9.17, 15) is 9.59 Å². The van der Waals surface area contributed by atoms with E-state index in [2.05, 4.69) is 5.32 Å². The number of ether oxygens (including phenoxy) is 3. The van der Waals surface area contributed by atoms with Gasteiger partial charge in [0, 0.05) is 28.3 Å². The Kier molecular flexibility index (Phi) is 9.32. The number of methoxy groups -OCH3 is 3. The third-order valence-corrected chi connectivity index (χ3v) is 10.5. The van der Waals surface area contributed by atoms with Crippen molar-refractivity contribution in [3.63, 3.8) is 0 Å². The largest absolute Gasteiger partial charge is 0.496 e. The summed E-state index contributed by atoms with van der Waals surface area (Å²) in [5, 5.41) is 4.81. The summed E-state index contributed by atoms with van der Waals surface area (Å²) in [5.41, 5.74) is 3.50. The van der Waals surface area contributed by atoms with Gasteiger partial charge in [-0.15, -0.1) is 0 Å². The zero-order valence-corrected chi connectivity index (χ0v) is 27.3. The number of hydrogen-bond acceptors (Lipinski definition) is 7. The molecule has 2 fully saturated rings. The molecule has 10 heteroatoms. The molecule has 0 spiro atoms. The van der Waals surface area contributed by atoms with E-state index < -0.39 is 11.5 Å². The van der Waals surface area contributed by atoms with Crippen LogP contribution < -0.4 is 14.8 Å². The summed E-state index contributed by atoms with van der Waals surface area (Å²) in [4.78, 5) is 30.6. The summed E-state index contributed by atoms with van der Waals surface area (Å²) in [6.45, 7) is 5.97. The first-order chi connectivity index (χ1) is 20.6. The first kappa shape index (κ1) is 31.3. The first-order valence-corrected chi connectivity index (χ1v) is 16.1. The summed E-state index contributed by atoms with van der Waals surface area (Å²) in [6, 6.07) is 9.28. The zero-order chi connectivity index (χ0) is 30.9. The molecule has 2 aliphatic carbocycles. The van der Waals surface area contributed by atoms with Crippen molar-refractivity contribution in [3.05, 3.63) is 57.7 Å². The van der Waals surface area contributed by atoms with E-state index >= 15 is 0 Å². The maximum absolute atomic E-state index is 13.5. The van der Waals surface area contributed by atoms with Crippen LogP contribution in [0.3, 0.4) is 0 Å². The van der Waals surface area contributed by atoms with Crippen molar-refractivity contribution in [1.82, 2.24) is 9.88 Å². The fourth-order valence-corrected chi connectivity index (χ4v) is 7.64. The minimum Gasteiger partial charge on any atom is -0.496 e. The number of hydrogen-bond donors (Lipinski definition) is 1. The van der Waals surface area contributed by atoms with Crippen molar-refractivity contribution in [2.24, 2.45) is 16.8 Å². The Bertz CT molecular complexity index is 1580. The molecule has 2 heterocycles. The Morgan fingerprint density at radius 1 is 1.09 bits per heavy atom. The summed E-state index contributed by atoms with van der Waals surface area (Å²) in [7, 11) is 4.48. The van der Waals surface area contributed by atoms with Crippen LogP contribution in [0.4, 0.5) is 0 Å². The topological polar surface area (TPSA) is 91.2 Å². The van der Waals surface area contributed by atoms with E-state index in [1.54, 1.807) is 44.1 Å². The summed E-state index contributed by atoms with van der Waals surface area (Å²) in [6.07, 6.45) is 6.91. The van der Waals surface area contributed by atoms with Crippen LogP contribution in [0, 0.1) is 25.7 Å². The van der Waals surface area contributed by atoms with Crippen molar-refractivity contribution in [2.75, 3.05) is 27.1 Å². The number of halogens is 1. The van der Waals surface area contributed by atoms with E-state index in [-0.39, 0.29) is 12.5 Å². The highest BCUT2D eigenvalue weighted by Crippen LogP contribution is 2.51. The van der Waals surface area contributed by atoms with E-state index in [1.807, 2.05) is 45.0 Å². The highest BCUT2D eigenvalue weighted by atomic mass is 35.5. The SMILES string of the molecule is C1CC2CC2C1.CCC1(c2cc(OC)c(Cl)cc2OC)CSC(NC(=O)c2cc3c(C)c(C)ccc3n2CC(=O)OC)=N1. The number of aryl methyl sites for hydroxylation is 2. The van der Waals surface area contributed by atoms with Crippen LogP contribution in [0.1, 0.15) is 66.2 Å². The number of aromatic nitrogens is 1. The van der Waals surface area contributed by atoms with Gasteiger partial charge in [0.1, 0.15) is 29.3 Å². The molecular weight excluding hydrogens is 586 g/mol. The Balaban J connectivity index is 0.000000537. The van der Waals surface area contributed by atoms with Gasteiger partial charge in [0.25, 0.3) is 5.91 Å². The molecule has 3 aliphatic rings. The van der Waals surface area contributed by atoms with E-state index in [0.717, 1.165) is 27.6 Å². The van der Waals surface area contributed by atoms with E-state index in [0.29, 0.717) is 39.6 Å². The second-order valence-corrected chi connectivity index (χ2v) is 12.9. The highest BCUT2D eigenvalue weighted by molar-refractivity contribution is 8.14. The average Bonchev–Trinajstić information content (AvgIpc) is 3.32. The molecule has 0 bridgehead atoms. The van der Waals surface area contributed by atoms with Gasteiger partial charge in [-0.2, -0.15) is 0 Å². The van der Waals surface area contributed by atoms with E-state index in [1.165, 1.54) is 37.1 Å². The zero-order valence-electron chi connectivity index (χ0n) is 25.7. The number of carbonyl (C=O) groups is 2. The molecule has 1 N–H and O–H groups in total. The third kappa shape index (κ3) is 6.25. The number of amidine groups is 1. The number of carbonyl (C=O) groups excluding carboxylic acids is 2. The summed E-state index contributed by atoms with van der Waals surface area (Å²) >= 11 is 7.77. The quantitative estimate of drug-likeness (QED) is 0.283. The van der Waals surface area contributed by atoms with Gasteiger partial charge in [-0.3, -0.25) is 14.9 Å². The van der Waals surface area contributed by atoms with Crippen LogP contribution >= 0.6 is 23.4 Å². The Labute approximate surface area is 262 Å². The molecular formula is C33H40ClN3O5S. The van der Waals surface area contributed by atoms with Crippen LogP contribution in [-0.4, -0.2) is 48.7 Å². The van der Waals surface area contributed by atoms with Crippen molar-refractivity contribution in [1.29, 1.82) is 0 Å². The number of thioether (sulfide) groups is 1. The molecule has 3 unspecified atom stereocenters. The van der Waals surface area contributed by atoms with Gasteiger partial charge in [-0.25, -0.2) is 4.99 Å². The molecule has 3 atom stereocenters.